The van der Waals surface area contributed by atoms with Gasteiger partial charge < -0.3 is 4.90 Å². The molecule has 12 heavy (non-hydrogen) atoms. The van der Waals surface area contributed by atoms with Crippen molar-refractivity contribution in [2.24, 2.45) is 0 Å². The van der Waals surface area contributed by atoms with Crippen LogP contribution in [0.25, 0.3) is 0 Å². The van der Waals surface area contributed by atoms with Gasteiger partial charge in [-0.1, -0.05) is 15.9 Å². The van der Waals surface area contributed by atoms with E-state index in [4.69, 9.17) is 0 Å². The van der Waals surface area contributed by atoms with Gasteiger partial charge in [0.2, 0.25) is 0 Å². The molecule has 0 N–H and O–H groups in total. The molecular weight excluding hydrogens is 242 g/mol. The molecule has 0 saturated carbocycles. The zero-order chi connectivity index (χ0) is 9.03. The Morgan fingerprint density at radius 3 is 2.67 bits per heavy atom. The molecule has 72 valence electrons. The fourth-order valence-corrected chi connectivity index (χ4v) is 3.14. The second-order valence-electron chi connectivity index (χ2n) is 3.04. The van der Waals surface area contributed by atoms with Crippen LogP contribution in [0, 0.1) is 0 Å². The standard InChI is InChI=1S/C7H14BrNO2S/c8-2-4-9-3-1-6-12(10,11)7-5-9/h1-7H2. The van der Waals surface area contributed by atoms with Crippen molar-refractivity contribution in [2.45, 2.75) is 6.42 Å². The van der Waals surface area contributed by atoms with E-state index in [2.05, 4.69) is 20.8 Å². The average molecular weight is 256 g/mol. The van der Waals surface area contributed by atoms with Gasteiger partial charge in [-0.25, -0.2) is 8.42 Å². The van der Waals surface area contributed by atoms with Crippen LogP contribution in [-0.2, 0) is 9.84 Å². The van der Waals surface area contributed by atoms with Crippen LogP contribution in [0.2, 0.25) is 0 Å². The zero-order valence-corrected chi connectivity index (χ0v) is 9.40. The Morgan fingerprint density at radius 2 is 2.00 bits per heavy atom. The van der Waals surface area contributed by atoms with E-state index in [1.165, 1.54) is 0 Å². The minimum atomic E-state index is -2.73. The zero-order valence-electron chi connectivity index (χ0n) is 7.00. The summed E-state index contributed by atoms with van der Waals surface area (Å²) >= 11 is 3.35. The Labute approximate surface area is 82.2 Å². The summed E-state index contributed by atoms with van der Waals surface area (Å²) in [6.45, 7) is 2.58. The van der Waals surface area contributed by atoms with Crippen LogP contribution in [-0.4, -0.2) is 49.8 Å². The molecule has 0 atom stereocenters. The van der Waals surface area contributed by atoms with Crippen LogP contribution in [0.5, 0.6) is 0 Å². The van der Waals surface area contributed by atoms with Gasteiger partial charge in [0.1, 0.15) is 0 Å². The lowest BCUT2D eigenvalue weighted by Crippen LogP contribution is -2.28. The monoisotopic (exact) mass is 255 g/mol. The first-order chi connectivity index (χ1) is 5.64. The highest BCUT2D eigenvalue weighted by atomic mass is 79.9. The lowest BCUT2D eigenvalue weighted by Gasteiger charge is -2.16. The predicted octanol–water partition coefficient (Wildman–Crippen LogP) is 0.502. The van der Waals surface area contributed by atoms with E-state index in [0.29, 0.717) is 18.1 Å². The van der Waals surface area contributed by atoms with Gasteiger partial charge in [0.05, 0.1) is 11.5 Å². The summed E-state index contributed by atoms with van der Waals surface area (Å²) in [6.07, 6.45) is 0.787. The van der Waals surface area contributed by atoms with Crippen molar-refractivity contribution in [3.05, 3.63) is 0 Å². The molecule has 0 aromatic heterocycles. The molecule has 0 bridgehead atoms. The summed E-state index contributed by atoms with van der Waals surface area (Å²) in [5, 5.41) is 0.924. The fraction of sp³-hybridized carbons (Fsp3) is 1.00. The molecule has 0 aliphatic carbocycles. The molecule has 0 radical (unpaired) electrons. The Hall–Kier alpha value is 0.390. The van der Waals surface area contributed by atoms with Crippen molar-refractivity contribution >= 4 is 25.8 Å². The van der Waals surface area contributed by atoms with Crippen LogP contribution in [0.4, 0.5) is 0 Å². The van der Waals surface area contributed by atoms with Crippen LogP contribution < -0.4 is 0 Å². The van der Waals surface area contributed by atoms with Crippen LogP contribution >= 0.6 is 15.9 Å². The molecule has 0 aromatic rings. The van der Waals surface area contributed by atoms with Crippen molar-refractivity contribution in [2.75, 3.05) is 36.5 Å². The normalized spacial score (nSPS) is 25.1. The SMILES string of the molecule is O=S1(=O)CCCN(CCBr)CC1. The number of hydrogen-bond donors (Lipinski definition) is 0. The van der Waals surface area contributed by atoms with Gasteiger partial charge in [-0.3, -0.25) is 0 Å². The van der Waals surface area contributed by atoms with E-state index in [-0.39, 0.29) is 0 Å². The van der Waals surface area contributed by atoms with Crippen LogP contribution in [0.3, 0.4) is 0 Å². The lowest BCUT2D eigenvalue weighted by atomic mass is 10.4. The molecule has 0 aromatic carbocycles. The molecule has 0 amide bonds. The number of hydrogen-bond acceptors (Lipinski definition) is 3. The van der Waals surface area contributed by atoms with Crippen molar-refractivity contribution < 1.29 is 8.42 Å². The van der Waals surface area contributed by atoms with E-state index < -0.39 is 9.84 Å². The Balaban J connectivity index is 2.45. The molecule has 1 aliphatic heterocycles. The van der Waals surface area contributed by atoms with Gasteiger partial charge >= 0.3 is 0 Å². The molecule has 0 spiro atoms. The summed E-state index contributed by atoms with van der Waals surface area (Å²) < 4.78 is 22.4. The Bertz CT molecular complexity index is 228. The second kappa shape index (κ2) is 4.58. The third-order valence-electron chi connectivity index (χ3n) is 2.05. The quantitative estimate of drug-likeness (QED) is 0.675. The van der Waals surface area contributed by atoms with Gasteiger partial charge in [-0.15, -0.1) is 0 Å². The van der Waals surface area contributed by atoms with Crippen molar-refractivity contribution in [3.63, 3.8) is 0 Å². The Morgan fingerprint density at radius 1 is 1.25 bits per heavy atom. The van der Waals surface area contributed by atoms with Crippen molar-refractivity contribution in [3.8, 4) is 0 Å². The number of rotatable bonds is 2. The first-order valence-corrected chi connectivity index (χ1v) is 7.07. The fourth-order valence-electron chi connectivity index (χ4n) is 1.33. The summed E-state index contributed by atoms with van der Waals surface area (Å²) in [6, 6.07) is 0. The van der Waals surface area contributed by atoms with E-state index in [0.717, 1.165) is 24.8 Å². The summed E-state index contributed by atoms with van der Waals surface area (Å²) in [5.41, 5.74) is 0. The number of halogens is 1. The molecule has 1 aliphatic rings. The van der Waals surface area contributed by atoms with Gasteiger partial charge in [0.25, 0.3) is 0 Å². The molecule has 0 unspecified atom stereocenters. The van der Waals surface area contributed by atoms with Gasteiger partial charge in [-0.2, -0.15) is 0 Å². The number of alkyl halides is 1. The molecule has 1 saturated heterocycles. The summed E-state index contributed by atoms with van der Waals surface area (Å²) in [5.74, 6) is 0.700. The minimum Gasteiger partial charge on any atom is -0.301 e. The minimum absolute atomic E-state index is 0.333. The predicted molar refractivity (Wildman–Crippen MR) is 53.5 cm³/mol. The maximum Gasteiger partial charge on any atom is 0.151 e. The molecule has 5 heteroatoms. The van der Waals surface area contributed by atoms with Crippen molar-refractivity contribution in [1.29, 1.82) is 0 Å². The van der Waals surface area contributed by atoms with E-state index in [1.807, 2.05) is 0 Å². The highest BCUT2D eigenvalue weighted by Gasteiger charge is 2.17. The van der Waals surface area contributed by atoms with Crippen LogP contribution in [0.1, 0.15) is 6.42 Å². The lowest BCUT2D eigenvalue weighted by molar-refractivity contribution is 0.315. The largest absolute Gasteiger partial charge is 0.301 e. The van der Waals surface area contributed by atoms with E-state index in [1.54, 1.807) is 0 Å². The molecule has 3 nitrogen and oxygen atoms in total. The van der Waals surface area contributed by atoms with Gasteiger partial charge in [0.15, 0.2) is 9.84 Å². The summed E-state index contributed by atoms with van der Waals surface area (Å²) in [7, 11) is -2.73. The van der Waals surface area contributed by atoms with E-state index >= 15 is 0 Å². The highest BCUT2D eigenvalue weighted by Crippen LogP contribution is 2.04. The Kier molecular flexibility index (Phi) is 3.99. The average Bonchev–Trinajstić information content (AvgIpc) is 2.14. The first kappa shape index (κ1) is 10.5. The molecular formula is C7H14BrNO2S. The van der Waals surface area contributed by atoms with Crippen molar-refractivity contribution in [1.82, 2.24) is 4.90 Å². The number of nitrogens with zero attached hydrogens (tertiary/aromatic N) is 1. The third-order valence-corrected chi connectivity index (χ3v) is 4.12. The molecule has 1 heterocycles. The maximum atomic E-state index is 11.2. The van der Waals surface area contributed by atoms with E-state index in [9.17, 15) is 8.42 Å². The van der Waals surface area contributed by atoms with Crippen LogP contribution in [0.15, 0.2) is 0 Å². The second-order valence-corrected chi connectivity index (χ2v) is 6.13. The van der Waals surface area contributed by atoms with Gasteiger partial charge in [-0.05, 0) is 13.0 Å². The highest BCUT2D eigenvalue weighted by molar-refractivity contribution is 9.09. The molecule has 1 fully saturated rings. The molecule has 1 rings (SSSR count). The van der Waals surface area contributed by atoms with Gasteiger partial charge in [0, 0.05) is 18.4 Å². The number of sulfone groups is 1. The topological polar surface area (TPSA) is 37.4 Å². The summed E-state index contributed by atoms with van der Waals surface area (Å²) in [4.78, 5) is 2.19. The third kappa shape index (κ3) is 3.41. The smallest absolute Gasteiger partial charge is 0.151 e. The first-order valence-electron chi connectivity index (χ1n) is 4.13. The maximum absolute atomic E-state index is 11.2.